The molecule has 552 valence electrons. The summed E-state index contributed by atoms with van der Waals surface area (Å²) in [6.45, 7) is 9.58. The van der Waals surface area contributed by atoms with Crippen LogP contribution in [0.25, 0.3) is 0 Å². The van der Waals surface area contributed by atoms with E-state index in [4.69, 9.17) is 37.0 Å². The maximum absolute atomic E-state index is 13.1. The van der Waals surface area contributed by atoms with Crippen LogP contribution < -0.4 is 0 Å². The van der Waals surface area contributed by atoms with Crippen molar-refractivity contribution < 1.29 is 80.2 Å². The number of unbranched alkanes of at least 4 members (excludes halogenated alkanes) is 42. The molecule has 19 heteroatoms. The summed E-state index contributed by atoms with van der Waals surface area (Å²) in [4.78, 5) is 72.7. The maximum atomic E-state index is 13.1. The van der Waals surface area contributed by atoms with Gasteiger partial charge in [-0.25, -0.2) is 9.13 Å². The monoisotopic (exact) mass is 1370 g/mol. The summed E-state index contributed by atoms with van der Waals surface area (Å²) < 4.78 is 68.4. The topological polar surface area (TPSA) is 237 Å². The second kappa shape index (κ2) is 66.0. The molecule has 0 aliphatic carbocycles. The second-order valence-corrected chi connectivity index (χ2v) is 30.3. The fourth-order valence-corrected chi connectivity index (χ4v) is 12.8. The summed E-state index contributed by atoms with van der Waals surface area (Å²) in [5.74, 6) is -0.566. The van der Waals surface area contributed by atoms with Crippen LogP contribution in [-0.2, 0) is 65.4 Å². The SMILES string of the molecule is CCCCCCCCCCCCCCCC(=O)OC[C@H](COP(=O)(O)OC[C@@H](O)COP(=O)(O)OC[C@@H](COC(=O)CCCCCCCCCC(C)C)OC(=O)CCCCCCCCCCCCCC)OC(=O)CCCCCCCCCCCCCCCCC(C)CC. The number of aliphatic hydroxyl groups excluding tert-OH is 1. The highest BCUT2D eigenvalue weighted by Gasteiger charge is 2.30. The average molecular weight is 1370 g/mol. The van der Waals surface area contributed by atoms with Gasteiger partial charge in [-0.3, -0.25) is 37.3 Å². The summed E-state index contributed by atoms with van der Waals surface area (Å²) in [6.07, 6.45) is 52.6. The third-order valence-electron chi connectivity index (χ3n) is 17.6. The van der Waals surface area contributed by atoms with Gasteiger partial charge in [0.25, 0.3) is 0 Å². The van der Waals surface area contributed by atoms with E-state index in [0.717, 1.165) is 102 Å². The summed E-state index contributed by atoms with van der Waals surface area (Å²) in [6, 6.07) is 0. The molecule has 3 unspecified atom stereocenters. The molecule has 0 bridgehead atoms. The van der Waals surface area contributed by atoms with Crippen molar-refractivity contribution in [2.45, 2.75) is 400 Å². The Morgan fingerprint density at radius 3 is 0.817 bits per heavy atom. The molecule has 0 rings (SSSR count). The number of phosphoric acid groups is 2. The molecule has 0 aromatic rings. The van der Waals surface area contributed by atoms with Crippen LogP contribution in [0.1, 0.15) is 382 Å². The average Bonchev–Trinajstić information content (AvgIpc) is 2.19. The number of carbonyl (C=O) groups excluding carboxylic acids is 4. The van der Waals surface area contributed by atoms with Gasteiger partial charge in [0.2, 0.25) is 0 Å². The van der Waals surface area contributed by atoms with Crippen molar-refractivity contribution in [3.63, 3.8) is 0 Å². The van der Waals surface area contributed by atoms with Gasteiger partial charge < -0.3 is 33.8 Å². The number of ether oxygens (including phenoxy) is 4. The minimum Gasteiger partial charge on any atom is -0.462 e. The molecule has 0 heterocycles. The smallest absolute Gasteiger partial charge is 0.462 e. The molecule has 17 nitrogen and oxygen atoms in total. The van der Waals surface area contributed by atoms with E-state index in [1.165, 1.54) is 193 Å². The number of rotatable bonds is 73. The molecule has 0 saturated carbocycles. The maximum Gasteiger partial charge on any atom is 0.472 e. The van der Waals surface area contributed by atoms with Gasteiger partial charge in [-0.2, -0.15) is 0 Å². The van der Waals surface area contributed by atoms with Crippen molar-refractivity contribution in [2.24, 2.45) is 11.8 Å². The van der Waals surface area contributed by atoms with E-state index in [2.05, 4.69) is 41.5 Å². The number of hydrogen-bond acceptors (Lipinski definition) is 15. The van der Waals surface area contributed by atoms with Gasteiger partial charge >= 0.3 is 39.5 Å². The van der Waals surface area contributed by atoms with Gasteiger partial charge in [0.05, 0.1) is 26.4 Å². The summed E-state index contributed by atoms with van der Waals surface area (Å²) in [7, 11) is -9.91. The molecule has 0 aliphatic rings. The van der Waals surface area contributed by atoms with Crippen molar-refractivity contribution in [1.82, 2.24) is 0 Å². The first kappa shape index (κ1) is 91.1. The first-order valence-electron chi connectivity index (χ1n) is 38.5. The third kappa shape index (κ3) is 67.0. The Kier molecular flexibility index (Phi) is 64.6. The van der Waals surface area contributed by atoms with E-state index in [9.17, 15) is 43.2 Å². The van der Waals surface area contributed by atoms with E-state index in [1.807, 2.05) is 0 Å². The lowest BCUT2D eigenvalue weighted by atomic mass is 9.99. The number of esters is 4. The molecule has 0 radical (unpaired) electrons. The highest BCUT2D eigenvalue weighted by Crippen LogP contribution is 2.45. The van der Waals surface area contributed by atoms with Crippen LogP contribution in [0.5, 0.6) is 0 Å². The van der Waals surface area contributed by atoms with Crippen molar-refractivity contribution in [3.8, 4) is 0 Å². The van der Waals surface area contributed by atoms with E-state index < -0.39 is 97.5 Å². The largest absolute Gasteiger partial charge is 0.472 e. The minimum atomic E-state index is -4.95. The lowest BCUT2D eigenvalue weighted by Gasteiger charge is -2.21. The Bertz CT molecular complexity index is 1810. The molecular weight excluding hydrogens is 1220 g/mol. The van der Waals surface area contributed by atoms with Crippen LogP contribution in [0, 0.1) is 11.8 Å². The normalized spacial score (nSPS) is 14.3. The number of hydrogen-bond donors (Lipinski definition) is 3. The van der Waals surface area contributed by atoms with Crippen molar-refractivity contribution in [2.75, 3.05) is 39.6 Å². The molecule has 93 heavy (non-hydrogen) atoms. The predicted molar refractivity (Wildman–Crippen MR) is 377 cm³/mol. The Morgan fingerprint density at radius 2 is 0.548 bits per heavy atom. The zero-order chi connectivity index (χ0) is 68.6. The quantitative estimate of drug-likeness (QED) is 0.0222. The molecule has 0 aromatic heterocycles. The molecule has 0 aromatic carbocycles. The lowest BCUT2D eigenvalue weighted by Crippen LogP contribution is -2.30. The van der Waals surface area contributed by atoms with E-state index in [1.54, 1.807) is 0 Å². The van der Waals surface area contributed by atoms with E-state index >= 15 is 0 Å². The standard InChI is InChI=1S/C74H144O17P2/c1-7-10-12-14-16-18-20-24-29-32-38-44-50-56-71(76)84-62-69(90-74(79)59-53-47-40-34-30-26-23-22-25-27-31-37-43-49-55-67(6)9-3)64-88-92(80,81)86-60-68(75)61-87-93(82,83)89-65-70(63-85-72(77)57-51-45-41-35-36-42-48-54-66(4)5)91-73(78)58-52-46-39-33-28-21-19-17-15-13-11-8-2/h66-70,75H,7-65H2,1-6H3,(H,80,81)(H,82,83)/t67?,68-,69-,70-/m1/s1. The summed E-state index contributed by atoms with van der Waals surface area (Å²) in [5.41, 5.74) is 0. The fourth-order valence-electron chi connectivity index (χ4n) is 11.3. The van der Waals surface area contributed by atoms with Crippen LogP contribution >= 0.6 is 15.6 Å². The van der Waals surface area contributed by atoms with Crippen LogP contribution in [0.2, 0.25) is 0 Å². The van der Waals surface area contributed by atoms with Crippen LogP contribution in [-0.4, -0.2) is 96.7 Å². The molecule has 0 spiro atoms. The fraction of sp³-hybridized carbons (Fsp3) is 0.946. The first-order chi connectivity index (χ1) is 44.9. The van der Waals surface area contributed by atoms with Crippen LogP contribution in [0.3, 0.4) is 0 Å². The van der Waals surface area contributed by atoms with Gasteiger partial charge in [0, 0.05) is 25.7 Å². The van der Waals surface area contributed by atoms with Crippen molar-refractivity contribution in [3.05, 3.63) is 0 Å². The van der Waals surface area contributed by atoms with Gasteiger partial charge in [0.1, 0.15) is 19.3 Å². The zero-order valence-corrected chi connectivity index (χ0v) is 62.3. The number of carbonyl (C=O) groups is 4. The summed E-state index contributed by atoms with van der Waals surface area (Å²) >= 11 is 0. The predicted octanol–water partition coefficient (Wildman–Crippen LogP) is 21.6. The number of aliphatic hydroxyl groups is 1. The third-order valence-corrected chi connectivity index (χ3v) is 19.5. The van der Waals surface area contributed by atoms with E-state index in [-0.39, 0.29) is 25.7 Å². The highest BCUT2D eigenvalue weighted by molar-refractivity contribution is 7.47. The van der Waals surface area contributed by atoms with Crippen LogP contribution in [0.4, 0.5) is 0 Å². The Hall–Kier alpha value is -1.94. The van der Waals surface area contributed by atoms with E-state index in [0.29, 0.717) is 31.6 Å². The molecule has 0 fully saturated rings. The molecule has 0 aliphatic heterocycles. The molecule has 0 saturated heterocycles. The molecule has 3 N–H and O–H groups in total. The highest BCUT2D eigenvalue weighted by atomic mass is 31.2. The molecular formula is C74H144O17P2. The lowest BCUT2D eigenvalue weighted by molar-refractivity contribution is -0.161. The second-order valence-electron chi connectivity index (χ2n) is 27.4. The Labute approximate surface area is 568 Å². The Balaban J connectivity index is 5.24. The minimum absolute atomic E-state index is 0.107. The zero-order valence-electron chi connectivity index (χ0n) is 60.6. The molecule has 6 atom stereocenters. The van der Waals surface area contributed by atoms with Crippen LogP contribution in [0.15, 0.2) is 0 Å². The molecule has 0 amide bonds. The number of phosphoric ester groups is 2. The van der Waals surface area contributed by atoms with Crippen molar-refractivity contribution in [1.29, 1.82) is 0 Å². The van der Waals surface area contributed by atoms with Gasteiger partial charge in [-0.05, 0) is 37.5 Å². The Morgan fingerprint density at radius 1 is 0.312 bits per heavy atom. The van der Waals surface area contributed by atoms with Gasteiger partial charge in [-0.1, -0.05) is 330 Å². The van der Waals surface area contributed by atoms with Gasteiger partial charge in [0.15, 0.2) is 12.2 Å². The first-order valence-corrected chi connectivity index (χ1v) is 41.5. The van der Waals surface area contributed by atoms with Gasteiger partial charge in [-0.15, -0.1) is 0 Å². The van der Waals surface area contributed by atoms with Crippen molar-refractivity contribution >= 4 is 39.5 Å². The summed E-state index contributed by atoms with van der Waals surface area (Å²) in [5, 5.41) is 10.6.